The topological polar surface area (TPSA) is 99.5 Å². The third-order valence-electron chi connectivity index (χ3n) is 3.10. The molecule has 0 fully saturated rings. The molecule has 0 spiro atoms. The van der Waals surface area contributed by atoms with Crippen LogP contribution in [-0.4, -0.2) is 25.6 Å². The van der Waals surface area contributed by atoms with Gasteiger partial charge < -0.3 is 10.2 Å². The second-order valence-electron chi connectivity index (χ2n) is 4.71. The van der Waals surface area contributed by atoms with E-state index < -0.39 is 5.97 Å². The van der Waals surface area contributed by atoms with Crippen LogP contribution < -0.4 is 0 Å². The van der Waals surface area contributed by atoms with Crippen LogP contribution in [0.3, 0.4) is 0 Å². The second-order valence-corrected chi connectivity index (χ2v) is 4.71. The SMILES string of the molecule is Cc1ccc(N=Nc2c(C(=O)O)nc3c(O)cccn23)cc1. The van der Waals surface area contributed by atoms with Crippen molar-refractivity contribution in [3.8, 4) is 5.75 Å². The van der Waals surface area contributed by atoms with Gasteiger partial charge in [0.15, 0.2) is 22.9 Å². The summed E-state index contributed by atoms with van der Waals surface area (Å²) >= 11 is 0. The van der Waals surface area contributed by atoms with Crippen LogP contribution in [0.25, 0.3) is 5.65 Å². The highest BCUT2D eigenvalue weighted by Gasteiger charge is 2.19. The molecule has 0 bridgehead atoms. The number of carbonyl (C=O) groups is 1. The summed E-state index contributed by atoms with van der Waals surface area (Å²) in [5, 5.41) is 27.0. The monoisotopic (exact) mass is 296 g/mol. The minimum atomic E-state index is -1.24. The van der Waals surface area contributed by atoms with E-state index in [4.69, 9.17) is 0 Å². The van der Waals surface area contributed by atoms with E-state index in [1.807, 2.05) is 19.1 Å². The summed E-state index contributed by atoms with van der Waals surface area (Å²) in [5.74, 6) is -1.30. The molecule has 3 rings (SSSR count). The summed E-state index contributed by atoms with van der Waals surface area (Å²) < 4.78 is 1.39. The van der Waals surface area contributed by atoms with Crippen molar-refractivity contribution < 1.29 is 15.0 Å². The molecule has 7 heteroatoms. The number of hydrogen-bond donors (Lipinski definition) is 2. The first kappa shape index (κ1) is 13.7. The standard InChI is InChI=1S/C15H12N4O3/c1-9-4-6-10(7-5-9)17-18-14-12(15(21)22)16-13-11(20)3-2-8-19(13)14/h2-8,20H,1H3,(H,21,22). The van der Waals surface area contributed by atoms with Gasteiger partial charge in [0, 0.05) is 6.20 Å². The Bertz CT molecular complexity index is 882. The van der Waals surface area contributed by atoms with Gasteiger partial charge in [0.1, 0.15) is 0 Å². The third kappa shape index (κ3) is 2.39. The highest BCUT2D eigenvalue weighted by molar-refractivity contribution is 5.92. The zero-order valence-electron chi connectivity index (χ0n) is 11.6. The van der Waals surface area contributed by atoms with Crippen LogP contribution in [0.5, 0.6) is 5.75 Å². The van der Waals surface area contributed by atoms with Crippen molar-refractivity contribution in [1.29, 1.82) is 0 Å². The minimum Gasteiger partial charge on any atom is -0.504 e. The van der Waals surface area contributed by atoms with Crippen molar-refractivity contribution in [2.45, 2.75) is 6.92 Å². The molecule has 110 valence electrons. The Morgan fingerprint density at radius 2 is 1.91 bits per heavy atom. The minimum absolute atomic E-state index is 0.0546. The quantitative estimate of drug-likeness (QED) is 0.723. The third-order valence-corrected chi connectivity index (χ3v) is 3.10. The molecule has 0 amide bonds. The van der Waals surface area contributed by atoms with Crippen molar-refractivity contribution in [2.24, 2.45) is 10.2 Å². The highest BCUT2D eigenvalue weighted by atomic mass is 16.4. The van der Waals surface area contributed by atoms with Gasteiger partial charge in [-0.05, 0) is 31.2 Å². The van der Waals surface area contributed by atoms with Gasteiger partial charge in [0.2, 0.25) is 0 Å². The lowest BCUT2D eigenvalue weighted by molar-refractivity contribution is 0.0692. The maximum Gasteiger partial charge on any atom is 0.358 e. The Labute approximate surface area is 125 Å². The first-order valence-corrected chi connectivity index (χ1v) is 6.48. The van der Waals surface area contributed by atoms with Gasteiger partial charge in [0.25, 0.3) is 0 Å². The molecule has 0 aliphatic carbocycles. The predicted octanol–water partition coefficient (Wildman–Crippen LogP) is 3.46. The summed E-state index contributed by atoms with van der Waals surface area (Å²) in [6.45, 7) is 1.96. The van der Waals surface area contributed by atoms with Crippen LogP contribution in [-0.2, 0) is 0 Å². The van der Waals surface area contributed by atoms with Crippen LogP contribution in [0.4, 0.5) is 11.5 Å². The van der Waals surface area contributed by atoms with Gasteiger partial charge in [0.05, 0.1) is 5.69 Å². The number of pyridine rings is 1. The Hall–Kier alpha value is -3.22. The zero-order valence-corrected chi connectivity index (χ0v) is 11.6. The van der Waals surface area contributed by atoms with E-state index >= 15 is 0 Å². The molecule has 3 aromatic rings. The van der Waals surface area contributed by atoms with E-state index in [1.165, 1.54) is 10.5 Å². The van der Waals surface area contributed by atoms with Crippen molar-refractivity contribution >= 4 is 23.1 Å². The van der Waals surface area contributed by atoms with Crippen LogP contribution in [0.2, 0.25) is 0 Å². The molecule has 22 heavy (non-hydrogen) atoms. The van der Waals surface area contributed by atoms with Crippen molar-refractivity contribution in [3.63, 3.8) is 0 Å². The lowest BCUT2D eigenvalue weighted by Gasteiger charge is -1.98. The average molecular weight is 296 g/mol. The van der Waals surface area contributed by atoms with E-state index in [2.05, 4.69) is 15.2 Å². The molecule has 2 N–H and O–H groups in total. The number of aromatic carboxylic acids is 1. The number of hydrogen-bond acceptors (Lipinski definition) is 5. The number of fused-ring (bicyclic) bond motifs is 1. The summed E-state index contributed by atoms with van der Waals surface area (Å²) in [5.41, 5.74) is 1.54. The predicted molar refractivity (Wildman–Crippen MR) is 79.2 cm³/mol. The van der Waals surface area contributed by atoms with Crippen molar-refractivity contribution in [1.82, 2.24) is 9.38 Å². The Balaban J connectivity index is 2.12. The number of carboxylic acids is 1. The fourth-order valence-corrected chi connectivity index (χ4v) is 2.00. The van der Waals surface area contributed by atoms with E-state index in [0.717, 1.165) is 5.56 Å². The smallest absolute Gasteiger partial charge is 0.358 e. The average Bonchev–Trinajstić information content (AvgIpc) is 2.87. The van der Waals surface area contributed by atoms with Gasteiger partial charge in [-0.3, -0.25) is 4.40 Å². The number of aryl methyl sites for hydroxylation is 1. The summed E-state index contributed by atoms with van der Waals surface area (Å²) in [6, 6.07) is 10.3. The Morgan fingerprint density at radius 1 is 1.18 bits per heavy atom. The van der Waals surface area contributed by atoms with Gasteiger partial charge >= 0.3 is 5.97 Å². The molecule has 0 radical (unpaired) electrons. The van der Waals surface area contributed by atoms with Crippen molar-refractivity contribution in [2.75, 3.05) is 0 Å². The number of benzene rings is 1. The summed E-state index contributed by atoms with van der Waals surface area (Å²) in [4.78, 5) is 15.2. The van der Waals surface area contributed by atoms with E-state index in [9.17, 15) is 15.0 Å². The number of aromatic hydroxyl groups is 1. The van der Waals surface area contributed by atoms with Crippen LogP contribution in [0.1, 0.15) is 16.1 Å². The van der Waals surface area contributed by atoms with E-state index in [1.54, 1.807) is 24.4 Å². The van der Waals surface area contributed by atoms with Crippen molar-refractivity contribution in [3.05, 3.63) is 53.9 Å². The number of imidazole rings is 1. The molecule has 7 nitrogen and oxygen atoms in total. The Morgan fingerprint density at radius 3 is 2.59 bits per heavy atom. The molecule has 0 aliphatic heterocycles. The van der Waals surface area contributed by atoms with Gasteiger partial charge in [-0.2, -0.15) is 0 Å². The second kappa shape index (κ2) is 5.28. The fraction of sp³-hybridized carbons (Fsp3) is 0.0667. The van der Waals surface area contributed by atoms with Gasteiger partial charge in [-0.1, -0.05) is 17.7 Å². The molecule has 0 saturated heterocycles. The summed E-state index contributed by atoms with van der Waals surface area (Å²) in [7, 11) is 0. The van der Waals surface area contributed by atoms with E-state index in [-0.39, 0.29) is 22.9 Å². The number of carboxylic acid groups (broad SMARTS) is 1. The van der Waals surface area contributed by atoms with Gasteiger partial charge in [-0.15, -0.1) is 10.2 Å². The normalized spacial score (nSPS) is 11.3. The Kier molecular flexibility index (Phi) is 3.30. The largest absolute Gasteiger partial charge is 0.504 e. The maximum absolute atomic E-state index is 11.3. The first-order valence-electron chi connectivity index (χ1n) is 6.48. The highest BCUT2D eigenvalue weighted by Crippen LogP contribution is 2.28. The maximum atomic E-state index is 11.3. The fourth-order valence-electron chi connectivity index (χ4n) is 2.00. The molecule has 2 aromatic heterocycles. The van der Waals surface area contributed by atoms with Crippen LogP contribution >= 0.6 is 0 Å². The number of aromatic nitrogens is 2. The molecule has 0 saturated carbocycles. The van der Waals surface area contributed by atoms with Crippen LogP contribution in [0, 0.1) is 6.92 Å². The molecule has 0 atom stereocenters. The molecule has 2 heterocycles. The molecule has 0 unspecified atom stereocenters. The molecule has 1 aromatic carbocycles. The van der Waals surface area contributed by atoms with Gasteiger partial charge in [-0.25, -0.2) is 9.78 Å². The lowest BCUT2D eigenvalue weighted by atomic mass is 10.2. The summed E-state index contributed by atoms with van der Waals surface area (Å²) in [6.07, 6.45) is 1.57. The number of nitrogens with zero attached hydrogens (tertiary/aromatic N) is 4. The molecular formula is C15H12N4O3. The molecule has 0 aliphatic rings. The van der Waals surface area contributed by atoms with E-state index in [0.29, 0.717) is 5.69 Å². The lowest BCUT2D eigenvalue weighted by Crippen LogP contribution is -1.96. The van der Waals surface area contributed by atoms with Crippen LogP contribution in [0.15, 0.2) is 52.8 Å². The molecular weight excluding hydrogens is 284 g/mol. The number of azo groups is 1. The zero-order chi connectivity index (χ0) is 15.7. The number of rotatable bonds is 3. The first-order chi connectivity index (χ1) is 10.6.